The number of aromatic nitrogens is 3. The summed E-state index contributed by atoms with van der Waals surface area (Å²) in [6.07, 6.45) is 1.64. The summed E-state index contributed by atoms with van der Waals surface area (Å²) in [5.74, 6) is -0.735. The first-order valence-electron chi connectivity index (χ1n) is 7.22. The van der Waals surface area contributed by atoms with Gasteiger partial charge in [-0.1, -0.05) is 6.07 Å². The van der Waals surface area contributed by atoms with E-state index < -0.39 is 5.82 Å². The average Bonchev–Trinajstić information content (AvgIpc) is 2.97. The number of carbonyl (C=O) groups is 1. The number of carbonyl (C=O) groups excluding carboxylic acids is 1. The normalized spacial score (nSPS) is 10.6. The maximum atomic E-state index is 13.5. The Morgan fingerprint density at radius 1 is 1.21 bits per heavy atom. The lowest BCUT2D eigenvalue weighted by atomic mass is 10.1. The Balaban J connectivity index is 1.68. The van der Waals surface area contributed by atoms with Crippen LogP contribution in [0.5, 0.6) is 0 Å². The van der Waals surface area contributed by atoms with Crippen LogP contribution in [0.15, 0.2) is 58.8 Å². The van der Waals surface area contributed by atoms with Gasteiger partial charge in [0.05, 0.1) is 0 Å². The highest BCUT2D eigenvalue weighted by molar-refractivity contribution is 7.99. The molecule has 0 aliphatic carbocycles. The zero-order valence-electron chi connectivity index (χ0n) is 13.2. The largest absolute Gasteiger partial charge is 0.322 e. The third-order valence-corrected chi connectivity index (χ3v) is 4.49. The summed E-state index contributed by atoms with van der Waals surface area (Å²) >= 11 is 1.48. The molecule has 0 saturated heterocycles. The molecule has 0 saturated carbocycles. The van der Waals surface area contributed by atoms with Gasteiger partial charge in [0.1, 0.15) is 12.1 Å². The van der Waals surface area contributed by atoms with Crippen LogP contribution in [0.2, 0.25) is 0 Å². The van der Waals surface area contributed by atoms with Crippen LogP contribution in [0.25, 0.3) is 0 Å². The molecule has 0 unspecified atom stereocenters. The van der Waals surface area contributed by atoms with Gasteiger partial charge in [-0.2, -0.15) is 0 Å². The van der Waals surface area contributed by atoms with Crippen LogP contribution in [0.1, 0.15) is 15.9 Å². The summed E-state index contributed by atoms with van der Waals surface area (Å²) in [4.78, 5) is 13.1. The topological polar surface area (TPSA) is 59.8 Å². The first kappa shape index (κ1) is 16.2. The maximum absolute atomic E-state index is 13.5. The number of hydrogen-bond acceptors (Lipinski definition) is 4. The van der Waals surface area contributed by atoms with E-state index in [1.54, 1.807) is 37.5 Å². The first-order chi connectivity index (χ1) is 11.5. The molecule has 1 aromatic heterocycles. The summed E-state index contributed by atoms with van der Waals surface area (Å²) in [7, 11) is 1.87. The third kappa shape index (κ3) is 3.62. The molecule has 122 valence electrons. The van der Waals surface area contributed by atoms with Gasteiger partial charge in [-0.25, -0.2) is 4.39 Å². The van der Waals surface area contributed by atoms with Crippen molar-refractivity contribution in [1.82, 2.24) is 14.8 Å². The summed E-state index contributed by atoms with van der Waals surface area (Å²) < 4.78 is 15.4. The Hall–Kier alpha value is -2.67. The predicted molar refractivity (Wildman–Crippen MR) is 90.7 cm³/mol. The van der Waals surface area contributed by atoms with E-state index in [4.69, 9.17) is 0 Å². The van der Waals surface area contributed by atoms with Gasteiger partial charge < -0.3 is 9.88 Å². The van der Waals surface area contributed by atoms with Gasteiger partial charge in [-0.15, -0.1) is 10.2 Å². The number of hydrogen-bond donors (Lipinski definition) is 1. The molecule has 0 fully saturated rings. The Morgan fingerprint density at radius 2 is 1.96 bits per heavy atom. The molecule has 0 radical (unpaired) electrons. The van der Waals surface area contributed by atoms with E-state index in [-0.39, 0.29) is 11.5 Å². The second-order valence-electron chi connectivity index (χ2n) is 5.27. The monoisotopic (exact) mass is 342 g/mol. The smallest absolute Gasteiger partial charge is 0.255 e. The van der Waals surface area contributed by atoms with Crippen molar-refractivity contribution in [3.05, 3.63) is 65.7 Å². The summed E-state index contributed by atoms with van der Waals surface area (Å²) in [5.41, 5.74) is 1.44. The Morgan fingerprint density at radius 3 is 2.58 bits per heavy atom. The molecule has 0 bridgehead atoms. The fourth-order valence-electron chi connectivity index (χ4n) is 2.01. The standard InChI is InChI=1S/C17H15FN4OS/c1-11-3-4-12(9-15(11)18)16(23)20-13-5-7-14(8-6-13)24-17-21-19-10-22(17)2/h3-10H,1-2H3,(H,20,23). The number of anilines is 1. The summed E-state index contributed by atoms with van der Waals surface area (Å²) in [6, 6.07) is 11.8. The molecule has 1 heterocycles. The van der Waals surface area contributed by atoms with Crippen molar-refractivity contribution >= 4 is 23.4 Å². The number of nitrogens with one attached hydrogen (secondary N) is 1. The SMILES string of the molecule is Cc1ccc(C(=O)Nc2ccc(Sc3nncn3C)cc2)cc1F. The highest BCUT2D eigenvalue weighted by Gasteiger charge is 2.09. The molecule has 2 aromatic carbocycles. The van der Waals surface area contributed by atoms with Crippen molar-refractivity contribution < 1.29 is 9.18 Å². The Bertz CT molecular complexity index is 877. The molecule has 1 amide bonds. The van der Waals surface area contributed by atoms with Crippen LogP contribution in [-0.2, 0) is 7.05 Å². The predicted octanol–water partition coefficient (Wildman–Crippen LogP) is 3.67. The van der Waals surface area contributed by atoms with Gasteiger partial charge in [0, 0.05) is 23.2 Å². The van der Waals surface area contributed by atoms with Crippen molar-refractivity contribution in [1.29, 1.82) is 0 Å². The van der Waals surface area contributed by atoms with Gasteiger partial charge in [0.25, 0.3) is 5.91 Å². The number of amides is 1. The van der Waals surface area contributed by atoms with E-state index in [1.165, 1.54) is 17.8 Å². The molecule has 7 heteroatoms. The molecular weight excluding hydrogens is 327 g/mol. The van der Waals surface area contributed by atoms with E-state index in [9.17, 15) is 9.18 Å². The van der Waals surface area contributed by atoms with Crippen LogP contribution in [-0.4, -0.2) is 20.7 Å². The van der Waals surface area contributed by atoms with Crippen molar-refractivity contribution in [2.24, 2.45) is 7.05 Å². The number of nitrogens with zero attached hydrogens (tertiary/aromatic N) is 3. The minimum atomic E-state index is -0.391. The first-order valence-corrected chi connectivity index (χ1v) is 8.04. The number of rotatable bonds is 4. The number of aryl methyl sites for hydroxylation is 2. The lowest BCUT2D eigenvalue weighted by Gasteiger charge is -2.07. The van der Waals surface area contributed by atoms with Crippen LogP contribution in [0.4, 0.5) is 10.1 Å². The fraction of sp³-hybridized carbons (Fsp3) is 0.118. The Kier molecular flexibility index (Phi) is 4.61. The van der Waals surface area contributed by atoms with Crippen LogP contribution in [0.3, 0.4) is 0 Å². The van der Waals surface area contributed by atoms with Gasteiger partial charge in [0.15, 0.2) is 5.16 Å². The van der Waals surface area contributed by atoms with Crippen molar-refractivity contribution in [2.75, 3.05) is 5.32 Å². The van der Waals surface area contributed by atoms with Crippen molar-refractivity contribution in [3.8, 4) is 0 Å². The van der Waals surface area contributed by atoms with E-state index in [0.29, 0.717) is 11.3 Å². The molecule has 0 atom stereocenters. The number of halogens is 1. The van der Waals surface area contributed by atoms with E-state index in [2.05, 4.69) is 15.5 Å². The van der Waals surface area contributed by atoms with E-state index in [1.807, 2.05) is 23.7 Å². The minimum Gasteiger partial charge on any atom is -0.322 e. The molecule has 0 aliphatic heterocycles. The lowest BCUT2D eigenvalue weighted by Crippen LogP contribution is -2.12. The average molecular weight is 342 g/mol. The van der Waals surface area contributed by atoms with Gasteiger partial charge >= 0.3 is 0 Å². The van der Waals surface area contributed by atoms with Crippen molar-refractivity contribution in [3.63, 3.8) is 0 Å². The zero-order chi connectivity index (χ0) is 17.1. The fourth-order valence-corrected chi connectivity index (χ4v) is 2.78. The zero-order valence-corrected chi connectivity index (χ0v) is 14.0. The second kappa shape index (κ2) is 6.84. The van der Waals surface area contributed by atoms with Crippen molar-refractivity contribution in [2.45, 2.75) is 17.0 Å². The second-order valence-corrected chi connectivity index (χ2v) is 6.31. The van der Waals surface area contributed by atoms with Crippen LogP contribution >= 0.6 is 11.8 Å². The van der Waals surface area contributed by atoms with Gasteiger partial charge in [-0.05, 0) is 60.6 Å². The van der Waals surface area contributed by atoms with Gasteiger partial charge in [0.2, 0.25) is 0 Å². The molecule has 3 rings (SSSR count). The van der Waals surface area contributed by atoms with Gasteiger partial charge in [-0.3, -0.25) is 4.79 Å². The molecule has 3 aromatic rings. The highest BCUT2D eigenvalue weighted by atomic mass is 32.2. The number of benzene rings is 2. The van der Waals surface area contributed by atoms with E-state index >= 15 is 0 Å². The lowest BCUT2D eigenvalue weighted by molar-refractivity contribution is 0.102. The summed E-state index contributed by atoms with van der Waals surface area (Å²) in [5, 5.41) is 11.4. The maximum Gasteiger partial charge on any atom is 0.255 e. The summed E-state index contributed by atoms with van der Waals surface area (Å²) in [6.45, 7) is 1.66. The molecule has 24 heavy (non-hydrogen) atoms. The highest BCUT2D eigenvalue weighted by Crippen LogP contribution is 2.26. The quantitative estimate of drug-likeness (QED) is 0.786. The minimum absolute atomic E-state index is 0.288. The van der Waals surface area contributed by atoms with Crippen LogP contribution < -0.4 is 5.32 Å². The van der Waals surface area contributed by atoms with E-state index in [0.717, 1.165) is 10.1 Å². The van der Waals surface area contributed by atoms with Crippen LogP contribution in [0, 0.1) is 12.7 Å². The molecule has 0 spiro atoms. The molecular formula is C17H15FN4OS. The third-order valence-electron chi connectivity index (χ3n) is 3.43. The molecule has 1 N–H and O–H groups in total. The molecule has 5 nitrogen and oxygen atoms in total. The molecule has 0 aliphatic rings. The Labute approximate surface area is 142 Å².